The summed E-state index contributed by atoms with van der Waals surface area (Å²) in [5.41, 5.74) is 1.29. The van der Waals surface area contributed by atoms with Gasteiger partial charge < -0.3 is 5.32 Å². The van der Waals surface area contributed by atoms with Crippen molar-refractivity contribution in [2.45, 2.75) is 38.6 Å². The Morgan fingerprint density at radius 2 is 1.84 bits per heavy atom. The first-order valence-electron chi connectivity index (χ1n) is 6.99. The molecule has 1 aromatic carbocycles. The molecule has 108 valence electrons. The monoisotopic (exact) mass is 283 g/mol. The fourth-order valence-corrected chi connectivity index (χ4v) is 2.83. The highest BCUT2D eigenvalue weighted by molar-refractivity contribution is 7.90. The molecule has 19 heavy (non-hydrogen) atoms. The molecule has 0 amide bonds. The lowest BCUT2D eigenvalue weighted by molar-refractivity contribution is 0.481. The average molecular weight is 283 g/mol. The molecule has 0 saturated heterocycles. The van der Waals surface area contributed by atoms with Crippen LogP contribution in [-0.2, 0) is 9.84 Å². The summed E-state index contributed by atoms with van der Waals surface area (Å²) in [6, 6.07) is 10.7. The lowest BCUT2D eigenvalue weighted by Crippen LogP contribution is -2.22. The molecule has 0 aromatic heterocycles. The van der Waals surface area contributed by atoms with E-state index >= 15 is 0 Å². The van der Waals surface area contributed by atoms with Crippen molar-refractivity contribution in [3.05, 3.63) is 35.9 Å². The maximum absolute atomic E-state index is 11.1. The van der Waals surface area contributed by atoms with E-state index in [-0.39, 0.29) is 0 Å². The fourth-order valence-electron chi connectivity index (χ4n) is 2.10. The predicted octanol–water partition coefficient (Wildman–Crippen LogP) is 2.94. The van der Waals surface area contributed by atoms with Gasteiger partial charge in [0.15, 0.2) is 0 Å². The van der Waals surface area contributed by atoms with E-state index in [9.17, 15) is 8.42 Å². The van der Waals surface area contributed by atoms with Crippen molar-refractivity contribution in [2.24, 2.45) is 0 Å². The number of hydrogen-bond donors (Lipinski definition) is 1. The highest BCUT2D eigenvalue weighted by atomic mass is 32.2. The number of hydrogen-bond acceptors (Lipinski definition) is 3. The molecule has 0 heterocycles. The summed E-state index contributed by atoms with van der Waals surface area (Å²) in [5, 5.41) is 3.53. The van der Waals surface area contributed by atoms with Crippen molar-refractivity contribution in [2.75, 3.05) is 18.6 Å². The molecular formula is C15H25NO2S. The highest BCUT2D eigenvalue weighted by Gasteiger charge is 2.10. The SMILES string of the molecule is CCCNC(CCCCS(C)(=O)=O)c1ccccc1. The lowest BCUT2D eigenvalue weighted by Gasteiger charge is -2.18. The largest absolute Gasteiger partial charge is 0.310 e. The maximum atomic E-state index is 11.1. The van der Waals surface area contributed by atoms with Crippen molar-refractivity contribution in [1.29, 1.82) is 0 Å². The van der Waals surface area contributed by atoms with E-state index in [0.29, 0.717) is 11.8 Å². The summed E-state index contributed by atoms with van der Waals surface area (Å²) in [7, 11) is -2.82. The van der Waals surface area contributed by atoms with Gasteiger partial charge in [-0.05, 0) is 31.4 Å². The van der Waals surface area contributed by atoms with Crippen LogP contribution in [0.3, 0.4) is 0 Å². The first-order valence-corrected chi connectivity index (χ1v) is 9.05. The van der Waals surface area contributed by atoms with Crippen molar-refractivity contribution in [1.82, 2.24) is 5.32 Å². The summed E-state index contributed by atoms with van der Waals surface area (Å²) in [5.74, 6) is 0.294. The Morgan fingerprint density at radius 3 is 2.42 bits per heavy atom. The second kappa shape index (κ2) is 8.33. The third kappa shape index (κ3) is 7.33. The molecule has 0 fully saturated rings. The Kier molecular flexibility index (Phi) is 7.10. The molecule has 0 aliphatic carbocycles. The molecule has 1 aromatic rings. The van der Waals surface area contributed by atoms with E-state index in [1.165, 1.54) is 11.8 Å². The van der Waals surface area contributed by atoms with E-state index in [1.807, 2.05) is 18.2 Å². The molecule has 4 heteroatoms. The van der Waals surface area contributed by atoms with Crippen molar-refractivity contribution < 1.29 is 8.42 Å². The van der Waals surface area contributed by atoms with Crippen LogP contribution in [-0.4, -0.2) is 27.0 Å². The molecule has 0 spiro atoms. The van der Waals surface area contributed by atoms with Crippen LogP contribution in [0.1, 0.15) is 44.2 Å². The van der Waals surface area contributed by atoms with Gasteiger partial charge in [0.2, 0.25) is 0 Å². The predicted molar refractivity (Wildman–Crippen MR) is 81.0 cm³/mol. The first-order chi connectivity index (χ1) is 9.03. The van der Waals surface area contributed by atoms with E-state index < -0.39 is 9.84 Å². The maximum Gasteiger partial charge on any atom is 0.147 e. The van der Waals surface area contributed by atoms with E-state index in [4.69, 9.17) is 0 Å². The Hall–Kier alpha value is -0.870. The molecule has 0 saturated carbocycles. The number of benzene rings is 1. The van der Waals surface area contributed by atoms with Gasteiger partial charge in [0, 0.05) is 18.1 Å². The van der Waals surface area contributed by atoms with Gasteiger partial charge in [0.25, 0.3) is 0 Å². The van der Waals surface area contributed by atoms with Gasteiger partial charge in [-0.3, -0.25) is 0 Å². The Balaban J connectivity index is 2.47. The molecule has 0 bridgehead atoms. The van der Waals surface area contributed by atoms with Gasteiger partial charge in [-0.1, -0.05) is 43.7 Å². The Morgan fingerprint density at radius 1 is 1.16 bits per heavy atom. The van der Waals surface area contributed by atoms with Gasteiger partial charge in [-0.15, -0.1) is 0 Å². The normalized spacial score (nSPS) is 13.4. The summed E-state index contributed by atoms with van der Waals surface area (Å²) < 4.78 is 22.2. The van der Waals surface area contributed by atoms with Crippen molar-refractivity contribution in [3.63, 3.8) is 0 Å². The van der Waals surface area contributed by atoms with Crippen molar-refractivity contribution >= 4 is 9.84 Å². The van der Waals surface area contributed by atoms with Gasteiger partial charge in [-0.25, -0.2) is 8.42 Å². The summed E-state index contributed by atoms with van der Waals surface area (Å²) in [4.78, 5) is 0. The molecular weight excluding hydrogens is 258 g/mol. The molecule has 0 aliphatic heterocycles. The van der Waals surface area contributed by atoms with E-state index in [0.717, 1.165) is 32.2 Å². The van der Waals surface area contributed by atoms with Gasteiger partial charge in [-0.2, -0.15) is 0 Å². The zero-order chi connectivity index (χ0) is 14.1. The molecule has 3 nitrogen and oxygen atoms in total. The van der Waals surface area contributed by atoms with Crippen LogP contribution in [0.5, 0.6) is 0 Å². The zero-order valence-corrected chi connectivity index (χ0v) is 12.7. The Bertz CT molecular complexity index is 442. The van der Waals surface area contributed by atoms with E-state index in [1.54, 1.807) is 0 Å². The Labute approximate surface area is 117 Å². The molecule has 1 unspecified atom stereocenters. The van der Waals surface area contributed by atoms with Crippen LogP contribution < -0.4 is 5.32 Å². The third-order valence-corrected chi connectivity index (χ3v) is 4.13. The fraction of sp³-hybridized carbons (Fsp3) is 0.600. The van der Waals surface area contributed by atoms with Gasteiger partial charge in [0.05, 0.1) is 0 Å². The minimum absolute atomic E-state index is 0.294. The lowest BCUT2D eigenvalue weighted by atomic mass is 10.0. The van der Waals surface area contributed by atoms with Gasteiger partial charge in [0.1, 0.15) is 9.84 Å². The molecule has 1 atom stereocenters. The number of rotatable bonds is 9. The molecule has 1 N–H and O–H groups in total. The van der Waals surface area contributed by atoms with Crippen LogP contribution in [0.15, 0.2) is 30.3 Å². The van der Waals surface area contributed by atoms with Gasteiger partial charge >= 0.3 is 0 Å². The smallest absolute Gasteiger partial charge is 0.147 e. The highest BCUT2D eigenvalue weighted by Crippen LogP contribution is 2.19. The topological polar surface area (TPSA) is 46.2 Å². The van der Waals surface area contributed by atoms with Crippen LogP contribution in [0.2, 0.25) is 0 Å². The number of unbranched alkanes of at least 4 members (excludes halogenated alkanes) is 1. The second-order valence-corrected chi connectivity index (χ2v) is 7.30. The molecule has 0 aliphatic rings. The quantitative estimate of drug-likeness (QED) is 0.709. The second-order valence-electron chi connectivity index (χ2n) is 5.04. The van der Waals surface area contributed by atoms with Crippen LogP contribution >= 0.6 is 0 Å². The van der Waals surface area contributed by atoms with Crippen molar-refractivity contribution in [3.8, 4) is 0 Å². The average Bonchev–Trinajstić information content (AvgIpc) is 2.38. The molecule has 1 rings (SSSR count). The minimum Gasteiger partial charge on any atom is -0.310 e. The summed E-state index contributed by atoms with van der Waals surface area (Å²) >= 11 is 0. The number of nitrogens with one attached hydrogen (secondary N) is 1. The standard InChI is InChI=1S/C15H25NO2S/c1-3-12-16-15(14-9-5-4-6-10-14)11-7-8-13-19(2,17)18/h4-6,9-10,15-16H,3,7-8,11-13H2,1-2H3. The summed E-state index contributed by atoms with van der Waals surface area (Å²) in [6.45, 7) is 3.14. The van der Waals surface area contributed by atoms with Crippen LogP contribution in [0.25, 0.3) is 0 Å². The van der Waals surface area contributed by atoms with Crippen LogP contribution in [0, 0.1) is 0 Å². The van der Waals surface area contributed by atoms with Crippen LogP contribution in [0.4, 0.5) is 0 Å². The minimum atomic E-state index is -2.82. The zero-order valence-electron chi connectivity index (χ0n) is 11.9. The first kappa shape index (κ1) is 16.2. The summed E-state index contributed by atoms with van der Waals surface area (Å²) in [6.07, 6.45) is 5.07. The number of sulfone groups is 1. The third-order valence-electron chi connectivity index (χ3n) is 3.10. The van der Waals surface area contributed by atoms with E-state index in [2.05, 4.69) is 24.4 Å². The molecule has 0 radical (unpaired) electrons.